The van der Waals surface area contributed by atoms with E-state index in [1.807, 2.05) is 42.6 Å². The lowest BCUT2D eigenvalue weighted by Gasteiger charge is -2.16. The second-order valence-electron chi connectivity index (χ2n) is 5.48. The van der Waals surface area contributed by atoms with Gasteiger partial charge in [0, 0.05) is 30.9 Å². The maximum atomic E-state index is 12.5. The molecule has 0 saturated carbocycles. The Labute approximate surface area is 140 Å². The van der Waals surface area contributed by atoms with Gasteiger partial charge in [0.2, 0.25) is 0 Å². The van der Waals surface area contributed by atoms with Crippen LogP contribution >= 0.6 is 0 Å². The number of rotatable bonds is 4. The number of nitrogens with zero attached hydrogens (tertiary/aromatic N) is 4. The number of carbonyl (C=O) groups excluding carboxylic acids is 1. The molecule has 0 aliphatic heterocycles. The van der Waals surface area contributed by atoms with Crippen LogP contribution in [0.15, 0.2) is 67.0 Å². The fraction of sp³-hybridized carbons (Fsp3) is 0.105. The topological polar surface area (TPSA) is 61.9 Å². The largest absolute Gasteiger partial charge is 0.337 e. The molecule has 3 rings (SSSR count). The third-order valence-electron chi connectivity index (χ3n) is 3.66. The molecule has 0 fully saturated rings. The lowest BCUT2D eigenvalue weighted by molar-refractivity contribution is 0.0785. The van der Waals surface area contributed by atoms with Crippen LogP contribution in [0.2, 0.25) is 0 Å². The van der Waals surface area contributed by atoms with Crippen molar-refractivity contribution in [3.05, 3.63) is 83.7 Å². The van der Waals surface area contributed by atoms with Crippen molar-refractivity contribution in [1.82, 2.24) is 14.7 Å². The molecule has 24 heavy (non-hydrogen) atoms. The molecule has 5 heteroatoms. The molecule has 1 aromatic heterocycles. The minimum Gasteiger partial charge on any atom is -0.337 e. The fourth-order valence-corrected chi connectivity index (χ4v) is 2.45. The summed E-state index contributed by atoms with van der Waals surface area (Å²) in [5.74, 6) is -0.125. The van der Waals surface area contributed by atoms with Gasteiger partial charge in [0.05, 0.1) is 23.5 Å². The van der Waals surface area contributed by atoms with E-state index in [-0.39, 0.29) is 5.91 Å². The quantitative estimate of drug-likeness (QED) is 0.743. The minimum absolute atomic E-state index is 0.125. The van der Waals surface area contributed by atoms with E-state index in [2.05, 4.69) is 5.10 Å². The highest BCUT2D eigenvalue weighted by atomic mass is 16.2. The van der Waals surface area contributed by atoms with E-state index in [1.54, 1.807) is 47.1 Å². The van der Waals surface area contributed by atoms with Crippen LogP contribution in [0.25, 0.3) is 5.69 Å². The summed E-state index contributed by atoms with van der Waals surface area (Å²) >= 11 is 0. The molecule has 0 radical (unpaired) electrons. The number of para-hydroxylation sites is 1. The molecule has 0 atom stereocenters. The molecule has 0 saturated heterocycles. The Morgan fingerprint density at radius 2 is 2.00 bits per heavy atom. The lowest BCUT2D eigenvalue weighted by atomic mass is 10.1. The highest BCUT2D eigenvalue weighted by Gasteiger charge is 2.13. The molecule has 3 aromatic rings. The number of hydrogen-bond acceptors (Lipinski definition) is 3. The third-order valence-corrected chi connectivity index (χ3v) is 3.66. The van der Waals surface area contributed by atoms with Crippen molar-refractivity contribution >= 4 is 5.91 Å². The van der Waals surface area contributed by atoms with Crippen LogP contribution in [-0.4, -0.2) is 27.6 Å². The highest BCUT2D eigenvalue weighted by molar-refractivity contribution is 5.94. The maximum Gasteiger partial charge on any atom is 0.253 e. The van der Waals surface area contributed by atoms with E-state index in [9.17, 15) is 4.79 Å². The number of benzene rings is 2. The Morgan fingerprint density at radius 3 is 2.75 bits per heavy atom. The zero-order valence-electron chi connectivity index (χ0n) is 13.3. The van der Waals surface area contributed by atoms with Gasteiger partial charge in [0.25, 0.3) is 5.91 Å². The first-order valence-corrected chi connectivity index (χ1v) is 7.52. The maximum absolute atomic E-state index is 12.5. The standard InChI is InChI=1S/C19H16N4O/c1-22(19(24)17-7-5-6-15(10-17)11-20)13-16-12-21-23(14-16)18-8-3-2-4-9-18/h2-10,12,14H,13H2,1H3. The molecule has 118 valence electrons. The lowest BCUT2D eigenvalue weighted by Crippen LogP contribution is -2.26. The second-order valence-corrected chi connectivity index (χ2v) is 5.48. The summed E-state index contributed by atoms with van der Waals surface area (Å²) in [5, 5.41) is 13.3. The van der Waals surface area contributed by atoms with Crippen LogP contribution in [0.5, 0.6) is 0 Å². The number of amides is 1. The molecule has 1 heterocycles. The number of carbonyl (C=O) groups is 1. The van der Waals surface area contributed by atoms with Crippen LogP contribution in [-0.2, 0) is 6.54 Å². The summed E-state index contributed by atoms with van der Waals surface area (Å²) in [6.07, 6.45) is 3.66. The van der Waals surface area contributed by atoms with Crippen molar-refractivity contribution in [2.24, 2.45) is 0 Å². The van der Waals surface area contributed by atoms with Crippen LogP contribution < -0.4 is 0 Å². The summed E-state index contributed by atoms with van der Waals surface area (Å²) in [5.41, 5.74) is 2.89. The van der Waals surface area contributed by atoms with Crippen LogP contribution in [0, 0.1) is 11.3 Å². The summed E-state index contributed by atoms with van der Waals surface area (Å²) in [6.45, 7) is 0.447. The molecule has 0 aliphatic rings. The van der Waals surface area contributed by atoms with Gasteiger partial charge < -0.3 is 4.90 Å². The summed E-state index contributed by atoms with van der Waals surface area (Å²) in [7, 11) is 1.74. The van der Waals surface area contributed by atoms with Gasteiger partial charge in [-0.2, -0.15) is 10.4 Å². The van der Waals surface area contributed by atoms with Gasteiger partial charge in [0.1, 0.15) is 0 Å². The smallest absolute Gasteiger partial charge is 0.253 e. The van der Waals surface area contributed by atoms with Crippen molar-refractivity contribution in [2.45, 2.75) is 6.54 Å². The van der Waals surface area contributed by atoms with Gasteiger partial charge >= 0.3 is 0 Å². The van der Waals surface area contributed by atoms with Gasteiger partial charge in [-0.25, -0.2) is 4.68 Å². The summed E-state index contributed by atoms with van der Waals surface area (Å²) < 4.78 is 1.78. The molecule has 0 unspecified atom stereocenters. The Balaban J connectivity index is 1.73. The first kappa shape index (κ1) is 15.5. The van der Waals surface area contributed by atoms with Crippen molar-refractivity contribution in [3.63, 3.8) is 0 Å². The van der Waals surface area contributed by atoms with E-state index < -0.39 is 0 Å². The Morgan fingerprint density at radius 1 is 1.21 bits per heavy atom. The molecular weight excluding hydrogens is 300 g/mol. The molecule has 0 N–H and O–H groups in total. The Bertz CT molecular complexity index is 893. The summed E-state index contributed by atoms with van der Waals surface area (Å²) in [6, 6.07) is 18.6. The highest BCUT2D eigenvalue weighted by Crippen LogP contribution is 2.12. The van der Waals surface area contributed by atoms with Crippen molar-refractivity contribution in [2.75, 3.05) is 7.05 Å². The van der Waals surface area contributed by atoms with Crippen molar-refractivity contribution in [1.29, 1.82) is 5.26 Å². The average molecular weight is 316 g/mol. The molecule has 0 aliphatic carbocycles. The van der Waals surface area contributed by atoms with Crippen LogP contribution in [0.3, 0.4) is 0 Å². The van der Waals surface area contributed by atoms with Crippen molar-refractivity contribution < 1.29 is 4.79 Å². The Kier molecular flexibility index (Phi) is 4.39. The number of nitriles is 1. The first-order valence-electron chi connectivity index (χ1n) is 7.52. The van der Waals surface area contributed by atoms with E-state index in [0.717, 1.165) is 11.3 Å². The molecule has 0 bridgehead atoms. The Hall–Kier alpha value is -3.39. The number of aromatic nitrogens is 2. The monoisotopic (exact) mass is 316 g/mol. The molecule has 0 spiro atoms. The molecule has 5 nitrogen and oxygen atoms in total. The van der Waals surface area contributed by atoms with Gasteiger partial charge in [0.15, 0.2) is 0 Å². The molecular formula is C19H16N4O. The van der Waals surface area contributed by atoms with Crippen LogP contribution in [0.4, 0.5) is 0 Å². The van der Waals surface area contributed by atoms with Gasteiger partial charge in [-0.15, -0.1) is 0 Å². The predicted octanol–water partition coefficient (Wildman–Crippen LogP) is 3.02. The fourth-order valence-electron chi connectivity index (χ4n) is 2.45. The van der Waals surface area contributed by atoms with E-state index in [1.165, 1.54) is 0 Å². The van der Waals surface area contributed by atoms with Gasteiger partial charge in [-0.1, -0.05) is 24.3 Å². The van der Waals surface area contributed by atoms with Crippen LogP contribution in [0.1, 0.15) is 21.5 Å². The first-order chi connectivity index (χ1) is 11.7. The van der Waals surface area contributed by atoms with E-state index in [4.69, 9.17) is 5.26 Å². The van der Waals surface area contributed by atoms with Gasteiger partial charge in [-0.3, -0.25) is 4.79 Å². The van der Waals surface area contributed by atoms with Gasteiger partial charge in [-0.05, 0) is 30.3 Å². The molecule has 2 aromatic carbocycles. The predicted molar refractivity (Wildman–Crippen MR) is 90.5 cm³/mol. The normalized spacial score (nSPS) is 10.2. The summed E-state index contributed by atoms with van der Waals surface area (Å²) in [4.78, 5) is 14.1. The second kappa shape index (κ2) is 6.80. The van der Waals surface area contributed by atoms with E-state index in [0.29, 0.717) is 17.7 Å². The SMILES string of the molecule is CN(Cc1cnn(-c2ccccc2)c1)C(=O)c1cccc(C#N)c1. The minimum atomic E-state index is -0.125. The zero-order valence-corrected chi connectivity index (χ0v) is 13.3. The van der Waals surface area contributed by atoms with E-state index >= 15 is 0 Å². The zero-order chi connectivity index (χ0) is 16.9. The number of hydrogen-bond donors (Lipinski definition) is 0. The molecule has 1 amide bonds. The average Bonchev–Trinajstić information content (AvgIpc) is 3.10. The van der Waals surface area contributed by atoms with Crippen molar-refractivity contribution in [3.8, 4) is 11.8 Å². The third kappa shape index (κ3) is 3.33.